The molecule has 7 heteroatoms. The van der Waals surface area contributed by atoms with E-state index in [1.54, 1.807) is 6.20 Å². The van der Waals surface area contributed by atoms with Gasteiger partial charge in [-0.2, -0.15) is 18.3 Å². The number of nitrogens with zero attached hydrogens (tertiary/aromatic N) is 3. The first kappa shape index (κ1) is 16.3. The largest absolute Gasteiger partial charge is 0.401 e. The van der Waals surface area contributed by atoms with Gasteiger partial charge in [0.1, 0.15) is 0 Å². The van der Waals surface area contributed by atoms with Gasteiger partial charge >= 0.3 is 6.18 Å². The molecule has 21 heavy (non-hydrogen) atoms. The molecule has 120 valence electrons. The van der Waals surface area contributed by atoms with Gasteiger partial charge in [-0.15, -0.1) is 0 Å². The Labute approximate surface area is 123 Å². The van der Waals surface area contributed by atoms with Crippen LogP contribution in [0.25, 0.3) is 0 Å². The smallest absolute Gasteiger partial charge is 0.311 e. The van der Waals surface area contributed by atoms with Gasteiger partial charge in [0.15, 0.2) is 0 Å². The van der Waals surface area contributed by atoms with E-state index in [0.29, 0.717) is 19.0 Å². The average molecular weight is 304 g/mol. The van der Waals surface area contributed by atoms with E-state index < -0.39 is 12.7 Å². The van der Waals surface area contributed by atoms with Crippen molar-refractivity contribution in [2.24, 2.45) is 5.92 Å². The highest BCUT2D eigenvalue weighted by molar-refractivity contribution is 5.00. The molecule has 0 aliphatic carbocycles. The lowest BCUT2D eigenvalue weighted by Crippen LogP contribution is -2.33. The lowest BCUT2D eigenvalue weighted by molar-refractivity contribution is -0.143. The number of halogens is 3. The van der Waals surface area contributed by atoms with Crippen LogP contribution in [0.15, 0.2) is 12.3 Å². The van der Waals surface area contributed by atoms with Gasteiger partial charge in [-0.3, -0.25) is 9.58 Å². The first-order chi connectivity index (χ1) is 9.98. The van der Waals surface area contributed by atoms with E-state index in [-0.39, 0.29) is 0 Å². The fourth-order valence-corrected chi connectivity index (χ4v) is 2.80. The predicted octanol–water partition coefficient (Wildman–Crippen LogP) is 2.27. The molecule has 1 saturated heterocycles. The van der Waals surface area contributed by atoms with Gasteiger partial charge in [-0.1, -0.05) is 6.92 Å². The lowest BCUT2D eigenvalue weighted by atomic mass is 10.1. The summed E-state index contributed by atoms with van der Waals surface area (Å²) in [6.07, 6.45) is -0.441. The molecule has 1 aliphatic heterocycles. The average Bonchev–Trinajstić information content (AvgIpc) is 2.98. The third kappa shape index (κ3) is 5.32. The first-order valence-electron chi connectivity index (χ1n) is 7.48. The van der Waals surface area contributed by atoms with Crippen LogP contribution in [-0.2, 0) is 13.1 Å². The molecule has 0 bridgehead atoms. The number of nitrogens with one attached hydrogen (secondary N) is 1. The van der Waals surface area contributed by atoms with E-state index in [0.717, 1.165) is 38.2 Å². The third-order valence-electron chi connectivity index (χ3n) is 3.75. The molecule has 4 nitrogen and oxygen atoms in total. The summed E-state index contributed by atoms with van der Waals surface area (Å²) < 4.78 is 38.9. The molecular weight excluding hydrogens is 281 g/mol. The molecule has 1 N–H and O–H groups in total. The Hall–Kier alpha value is -1.08. The Kier molecular flexibility index (Phi) is 5.64. The summed E-state index contributed by atoms with van der Waals surface area (Å²) in [5.74, 6) is 0.301. The van der Waals surface area contributed by atoms with Crippen LogP contribution < -0.4 is 5.32 Å². The van der Waals surface area contributed by atoms with E-state index in [1.165, 1.54) is 4.90 Å². The van der Waals surface area contributed by atoms with E-state index in [1.807, 2.05) is 10.7 Å². The number of alkyl halides is 3. The number of hydrogen-bond donors (Lipinski definition) is 1. The fraction of sp³-hybridized carbons (Fsp3) is 0.786. The number of likely N-dealkylation sites (tertiary alicyclic amines) is 1. The molecule has 1 unspecified atom stereocenters. The molecule has 2 heterocycles. The van der Waals surface area contributed by atoms with E-state index >= 15 is 0 Å². The lowest BCUT2D eigenvalue weighted by Gasteiger charge is -2.18. The zero-order valence-corrected chi connectivity index (χ0v) is 12.4. The Bertz CT molecular complexity index is 430. The normalized spacial score (nSPS) is 20.3. The SMILES string of the molecule is CCCn1nccc1CNCC1CCN(CC(F)(F)F)C1. The number of rotatable bonds is 7. The zero-order valence-electron chi connectivity index (χ0n) is 12.4. The highest BCUT2D eigenvalue weighted by Gasteiger charge is 2.34. The molecule has 1 atom stereocenters. The Balaban J connectivity index is 1.69. The summed E-state index contributed by atoms with van der Waals surface area (Å²) in [6.45, 7) is 4.76. The number of aryl methyl sites for hydroxylation is 1. The van der Waals surface area contributed by atoms with Crippen molar-refractivity contribution in [1.29, 1.82) is 0 Å². The van der Waals surface area contributed by atoms with Crippen LogP contribution in [0.1, 0.15) is 25.5 Å². The second-order valence-electron chi connectivity index (χ2n) is 5.68. The Morgan fingerprint density at radius 3 is 2.95 bits per heavy atom. The zero-order chi connectivity index (χ0) is 15.3. The molecule has 0 radical (unpaired) electrons. The molecular formula is C14H23F3N4. The Morgan fingerprint density at radius 2 is 2.24 bits per heavy atom. The van der Waals surface area contributed by atoms with Crippen LogP contribution in [-0.4, -0.2) is 47.0 Å². The first-order valence-corrected chi connectivity index (χ1v) is 7.48. The van der Waals surface area contributed by atoms with Crippen LogP contribution in [0.3, 0.4) is 0 Å². The van der Waals surface area contributed by atoms with Gasteiger partial charge < -0.3 is 5.32 Å². The van der Waals surface area contributed by atoms with Gasteiger partial charge in [0.25, 0.3) is 0 Å². The van der Waals surface area contributed by atoms with Crippen molar-refractivity contribution in [3.63, 3.8) is 0 Å². The van der Waals surface area contributed by atoms with Crippen molar-refractivity contribution in [2.45, 2.75) is 39.0 Å². The van der Waals surface area contributed by atoms with Crippen molar-refractivity contribution in [2.75, 3.05) is 26.2 Å². The number of hydrogen-bond acceptors (Lipinski definition) is 3. The second-order valence-corrected chi connectivity index (χ2v) is 5.68. The molecule has 0 saturated carbocycles. The van der Waals surface area contributed by atoms with Crippen LogP contribution in [0, 0.1) is 5.92 Å². The van der Waals surface area contributed by atoms with Crippen molar-refractivity contribution >= 4 is 0 Å². The standard InChI is InChI=1S/C14H23F3N4/c1-2-6-21-13(3-5-19-21)9-18-8-12-4-7-20(10-12)11-14(15,16)17/h3,5,12,18H,2,4,6-11H2,1H3. The third-order valence-corrected chi connectivity index (χ3v) is 3.75. The maximum atomic E-state index is 12.3. The highest BCUT2D eigenvalue weighted by atomic mass is 19.4. The van der Waals surface area contributed by atoms with Crippen molar-refractivity contribution in [3.05, 3.63) is 18.0 Å². The minimum absolute atomic E-state index is 0.301. The summed E-state index contributed by atoms with van der Waals surface area (Å²) in [7, 11) is 0. The van der Waals surface area contributed by atoms with E-state index in [9.17, 15) is 13.2 Å². The van der Waals surface area contributed by atoms with Crippen molar-refractivity contribution in [1.82, 2.24) is 20.0 Å². The van der Waals surface area contributed by atoms with E-state index in [4.69, 9.17) is 0 Å². The predicted molar refractivity (Wildman–Crippen MR) is 74.8 cm³/mol. The van der Waals surface area contributed by atoms with Crippen LogP contribution >= 0.6 is 0 Å². The quantitative estimate of drug-likeness (QED) is 0.839. The minimum Gasteiger partial charge on any atom is -0.311 e. The van der Waals surface area contributed by atoms with Gasteiger partial charge in [0.2, 0.25) is 0 Å². The van der Waals surface area contributed by atoms with E-state index in [2.05, 4.69) is 17.3 Å². The van der Waals surface area contributed by atoms with Crippen LogP contribution in [0.2, 0.25) is 0 Å². The Morgan fingerprint density at radius 1 is 1.43 bits per heavy atom. The molecule has 2 rings (SSSR count). The van der Waals surface area contributed by atoms with Gasteiger partial charge in [-0.25, -0.2) is 0 Å². The number of aromatic nitrogens is 2. The summed E-state index contributed by atoms with van der Waals surface area (Å²) in [6, 6.07) is 1.98. The van der Waals surface area contributed by atoms with Crippen LogP contribution in [0.5, 0.6) is 0 Å². The molecule has 1 fully saturated rings. The van der Waals surface area contributed by atoms with Crippen molar-refractivity contribution in [3.8, 4) is 0 Å². The van der Waals surface area contributed by atoms with Crippen molar-refractivity contribution < 1.29 is 13.2 Å². The molecule has 1 aromatic rings. The topological polar surface area (TPSA) is 33.1 Å². The van der Waals surface area contributed by atoms with Gasteiger partial charge in [0, 0.05) is 25.8 Å². The molecule has 1 aromatic heterocycles. The molecule has 0 spiro atoms. The molecule has 1 aliphatic rings. The van der Waals surface area contributed by atoms with Crippen LogP contribution in [0.4, 0.5) is 13.2 Å². The minimum atomic E-state index is -4.09. The molecule has 0 amide bonds. The second kappa shape index (κ2) is 7.26. The maximum Gasteiger partial charge on any atom is 0.401 e. The summed E-state index contributed by atoms with van der Waals surface area (Å²) >= 11 is 0. The summed E-state index contributed by atoms with van der Waals surface area (Å²) in [5, 5.41) is 7.60. The fourth-order valence-electron chi connectivity index (χ4n) is 2.80. The maximum absolute atomic E-state index is 12.3. The summed E-state index contributed by atoms with van der Waals surface area (Å²) in [5.41, 5.74) is 1.13. The summed E-state index contributed by atoms with van der Waals surface area (Å²) in [4.78, 5) is 1.49. The molecule has 0 aromatic carbocycles. The van der Waals surface area contributed by atoms with Gasteiger partial charge in [0.05, 0.1) is 12.2 Å². The van der Waals surface area contributed by atoms with Gasteiger partial charge in [-0.05, 0) is 37.9 Å². The monoisotopic (exact) mass is 304 g/mol. The highest BCUT2D eigenvalue weighted by Crippen LogP contribution is 2.22.